The van der Waals surface area contributed by atoms with E-state index in [9.17, 15) is 17.6 Å². The average molecular weight is 374 g/mol. The Balaban J connectivity index is 3.19. The summed E-state index contributed by atoms with van der Waals surface area (Å²) >= 11 is 2.87. The van der Waals surface area contributed by atoms with Crippen molar-refractivity contribution in [1.29, 1.82) is 0 Å². The fourth-order valence-corrected chi connectivity index (χ4v) is 3.36. The minimum absolute atomic E-state index is 0.0552. The van der Waals surface area contributed by atoms with Crippen LogP contribution in [0, 0.1) is 11.7 Å². The lowest BCUT2D eigenvalue weighted by Crippen LogP contribution is -2.12. The standard InChI is InChI=1S/C11H11BrClFO4S/c1-6(2)5-18-11(15)7-3-10(19(13,16)17)8(12)4-9(7)14/h3-4,6H,5H2,1-2H3. The van der Waals surface area contributed by atoms with Crippen molar-refractivity contribution < 1.29 is 22.3 Å². The molecule has 0 saturated carbocycles. The Hall–Kier alpha value is -0.660. The van der Waals surface area contributed by atoms with Crippen molar-refractivity contribution >= 4 is 41.6 Å². The van der Waals surface area contributed by atoms with Crippen molar-refractivity contribution in [3.8, 4) is 0 Å². The second kappa shape index (κ2) is 6.19. The second-order valence-electron chi connectivity index (χ2n) is 4.19. The maximum atomic E-state index is 13.6. The van der Waals surface area contributed by atoms with Gasteiger partial charge in [0, 0.05) is 15.2 Å². The van der Waals surface area contributed by atoms with E-state index in [2.05, 4.69) is 15.9 Å². The van der Waals surface area contributed by atoms with Crippen LogP contribution in [0.4, 0.5) is 4.39 Å². The van der Waals surface area contributed by atoms with Gasteiger partial charge in [-0.25, -0.2) is 17.6 Å². The van der Waals surface area contributed by atoms with Gasteiger partial charge >= 0.3 is 5.97 Å². The molecule has 0 aliphatic rings. The third-order valence-electron chi connectivity index (χ3n) is 2.05. The third kappa shape index (κ3) is 4.43. The summed E-state index contributed by atoms with van der Waals surface area (Å²) in [5.41, 5.74) is -0.469. The molecule has 0 heterocycles. The van der Waals surface area contributed by atoms with Crippen LogP contribution in [-0.4, -0.2) is 21.0 Å². The summed E-state index contributed by atoms with van der Waals surface area (Å²) in [7, 11) is 1.10. The highest BCUT2D eigenvalue weighted by atomic mass is 79.9. The van der Waals surface area contributed by atoms with Gasteiger partial charge in [-0.15, -0.1) is 0 Å². The van der Waals surface area contributed by atoms with Gasteiger partial charge < -0.3 is 4.74 Å². The van der Waals surface area contributed by atoms with Crippen molar-refractivity contribution in [2.45, 2.75) is 18.7 Å². The Morgan fingerprint density at radius 2 is 2.05 bits per heavy atom. The van der Waals surface area contributed by atoms with Crippen LogP contribution in [-0.2, 0) is 13.8 Å². The summed E-state index contributed by atoms with van der Waals surface area (Å²) in [5, 5.41) is 0. The molecule has 0 bridgehead atoms. The molecule has 1 rings (SSSR count). The molecule has 0 aliphatic carbocycles. The summed E-state index contributed by atoms with van der Waals surface area (Å²) in [6, 6.07) is 1.71. The van der Waals surface area contributed by atoms with E-state index in [1.807, 2.05) is 13.8 Å². The Morgan fingerprint density at radius 1 is 1.47 bits per heavy atom. The van der Waals surface area contributed by atoms with Gasteiger partial charge in [0.05, 0.1) is 17.1 Å². The lowest BCUT2D eigenvalue weighted by atomic mass is 10.2. The number of carbonyl (C=O) groups excluding carboxylic acids is 1. The van der Waals surface area contributed by atoms with Gasteiger partial charge in [-0.2, -0.15) is 0 Å². The molecule has 106 valence electrons. The maximum absolute atomic E-state index is 13.6. The van der Waals surface area contributed by atoms with Crippen LogP contribution in [0.5, 0.6) is 0 Å². The molecule has 0 N–H and O–H groups in total. The summed E-state index contributed by atoms with van der Waals surface area (Å²) in [6.07, 6.45) is 0. The van der Waals surface area contributed by atoms with Gasteiger partial charge in [-0.1, -0.05) is 13.8 Å². The quantitative estimate of drug-likeness (QED) is 0.600. The highest BCUT2D eigenvalue weighted by Crippen LogP contribution is 2.28. The fourth-order valence-electron chi connectivity index (χ4n) is 1.19. The number of halogens is 3. The number of esters is 1. The van der Waals surface area contributed by atoms with Gasteiger partial charge in [0.2, 0.25) is 0 Å². The monoisotopic (exact) mass is 372 g/mol. The molecular formula is C11H11BrClFO4S. The Kier molecular flexibility index (Phi) is 5.34. The lowest BCUT2D eigenvalue weighted by Gasteiger charge is -2.09. The van der Waals surface area contributed by atoms with E-state index in [-0.39, 0.29) is 21.9 Å². The lowest BCUT2D eigenvalue weighted by molar-refractivity contribution is 0.0453. The Labute approximate surface area is 123 Å². The maximum Gasteiger partial charge on any atom is 0.341 e. The first-order chi connectivity index (χ1) is 8.62. The minimum atomic E-state index is -4.09. The zero-order valence-corrected chi connectivity index (χ0v) is 13.3. The Morgan fingerprint density at radius 3 is 2.53 bits per heavy atom. The molecule has 0 aliphatic heterocycles. The van der Waals surface area contributed by atoms with Crippen molar-refractivity contribution in [1.82, 2.24) is 0 Å². The van der Waals surface area contributed by atoms with Crippen molar-refractivity contribution in [3.63, 3.8) is 0 Å². The fraction of sp³-hybridized carbons (Fsp3) is 0.364. The van der Waals surface area contributed by atoms with Crippen LogP contribution < -0.4 is 0 Å². The van der Waals surface area contributed by atoms with Gasteiger partial charge in [0.25, 0.3) is 9.05 Å². The molecule has 1 aromatic rings. The zero-order valence-electron chi connectivity index (χ0n) is 10.1. The molecule has 0 unspecified atom stereocenters. The molecule has 19 heavy (non-hydrogen) atoms. The van der Waals surface area contributed by atoms with E-state index in [1.54, 1.807) is 0 Å². The van der Waals surface area contributed by atoms with E-state index in [1.165, 1.54) is 0 Å². The highest BCUT2D eigenvalue weighted by molar-refractivity contribution is 9.10. The average Bonchev–Trinajstić information content (AvgIpc) is 2.24. The van der Waals surface area contributed by atoms with Crippen LogP contribution in [0.2, 0.25) is 0 Å². The number of hydrogen-bond acceptors (Lipinski definition) is 4. The molecule has 0 amide bonds. The molecule has 4 nitrogen and oxygen atoms in total. The molecule has 0 fully saturated rings. The summed E-state index contributed by atoms with van der Waals surface area (Å²) in [4.78, 5) is 11.3. The number of ether oxygens (including phenoxy) is 1. The predicted octanol–water partition coefficient (Wildman–Crippen LogP) is 3.33. The van der Waals surface area contributed by atoms with Crippen molar-refractivity contribution in [2.24, 2.45) is 5.92 Å². The van der Waals surface area contributed by atoms with Gasteiger partial charge in [0.15, 0.2) is 0 Å². The number of rotatable bonds is 4. The highest BCUT2D eigenvalue weighted by Gasteiger charge is 2.22. The second-order valence-corrected chi connectivity index (χ2v) is 7.58. The topological polar surface area (TPSA) is 60.4 Å². The van der Waals surface area contributed by atoms with Crippen LogP contribution in [0.3, 0.4) is 0 Å². The van der Waals surface area contributed by atoms with E-state index in [4.69, 9.17) is 15.4 Å². The zero-order chi connectivity index (χ0) is 14.8. The van der Waals surface area contributed by atoms with Crippen LogP contribution >= 0.6 is 26.6 Å². The van der Waals surface area contributed by atoms with Crippen LogP contribution in [0.1, 0.15) is 24.2 Å². The smallest absolute Gasteiger partial charge is 0.341 e. The largest absolute Gasteiger partial charge is 0.462 e. The SMILES string of the molecule is CC(C)COC(=O)c1cc(S(=O)(=O)Cl)c(Br)cc1F. The summed E-state index contributed by atoms with van der Waals surface area (Å²) < 4.78 is 40.9. The molecule has 0 atom stereocenters. The van der Waals surface area contributed by atoms with Gasteiger partial charge in [-0.05, 0) is 34.0 Å². The molecule has 8 heteroatoms. The number of benzene rings is 1. The van der Waals surface area contributed by atoms with Crippen LogP contribution in [0.25, 0.3) is 0 Å². The van der Waals surface area contributed by atoms with Crippen LogP contribution in [0.15, 0.2) is 21.5 Å². The third-order valence-corrected chi connectivity index (χ3v) is 4.33. The minimum Gasteiger partial charge on any atom is -0.462 e. The molecular weight excluding hydrogens is 363 g/mol. The molecule has 0 radical (unpaired) electrons. The van der Waals surface area contributed by atoms with E-state index in [0.717, 1.165) is 12.1 Å². The number of hydrogen-bond donors (Lipinski definition) is 0. The summed E-state index contributed by atoms with van der Waals surface area (Å²) in [6.45, 7) is 3.75. The Bertz CT molecular complexity index is 601. The molecule has 1 aromatic carbocycles. The van der Waals surface area contributed by atoms with E-state index in [0.29, 0.717) is 0 Å². The van der Waals surface area contributed by atoms with Gasteiger partial charge in [-0.3, -0.25) is 0 Å². The van der Waals surface area contributed by atoms with Crippen molar-refractivity contribution in [2.75, 3.05) is 6.61 Å². The predicted molar refractivity (Wildman–Crippen MR) is 72.3 cm³/mol. The normalized spacial score (nSPS) is 11.7. The molecule has 0 aromatic heterocycles. The molecule has 0 spiro atoms. The summed E-state index contributed by atoms with van der Waals surface area (Å²) in [5.74, 6) is -1.73. The molecule has 0 saturated heterocycles. The van der Waals surface area contributed by atoms with E-state index >= 15 is 0 Å². The van der Waals surface area contributed by atoms with E-state index < -0.39 is 26.4 Å². The first kappa shape index (κ1) is 16.4. The van der Waals surface area contributed by atoms with Crippen molar-refractivity contribution in [3.05, 3.63) is 28.0 Å². The number of carbonyl (C=O) groups is 1. The first-order valence-corrected chi connectivity index (χ1v) is 8.34. The first-order valence-electron chi connectivity index (χ1n) is 5.23. The van der Waals surface area contributed by atoms with Gasteiger partial charge in [0.1, 0.15) is 5.82 Å².